The minimum atomic E-state index is -1.59. The molecule has 0 aromatic carbocycles. The highest BCUT2D eigenvalue weighted by atomic mass is 16.6. The van der Waals surface area contributed by atoms with Crippen molar-refractivity contribution in [1.29, 1.82) is 0 Å². The van der Waals surface area contributed by atoms with E-state index in [1.807, 2.05) is 46.8 Å². The molecule has 0 amide bonds. The number of carbonyl (C=O) groups is 1. The van der Waals surface area contributed by atoms with Crippen LogP contribution in [-0.2, 0) is 23.8 Å². The molecule has 6 N–H and O–H groups in total. The molecule has 53 heavy (non-hydrogen) atoms. The van der Waals surface area contributed by atoms with E-state index in [2.05, 4.69) is 5.16 Å². The van der Waals surface area contributed by atoms with Gasteiger partial charge in [0, 0.05) is 36.7 Å². The SMILES string of the molecule is CC=CC(O)C(C)C=CC(=NOCC(=O)O)C(C)C(O)C(C)C1OC(O)C(OC)=CC(C)=CC(C)C(O)C(CC)C(O)C(C)CC(C)=CC=CC1OC. The van der Waals surface area contributed by atoms with Crippen molar-refractivity contribution in [2.45, 2.75) is 118 Å². The predicted molar refractivity (Wildman–Crippen MR) is 207 cm³/mol. The Kier molecular flexibility index (Phi) is 22.0. The number of methoxy groups -OCH3 is 2. The number of aliphatic hydroxyl groups excluding tert-OH is 5. The summed E-state index contributed by atoms with van der Waals surface area (Å²) in [5.74, 6) is -3.75. The first-order valence-electron chi connectivity index (χ1n) is 18.5. The van der Waals surface area contributed by atoms with Crippen LogP contribution in [0.5, 0.6) is 0 Å². The van der Waals surface area contributed by atoms with Gasteiger partial charge in [0.25, 0.3) is 0 Å². The second-order valence-corrected chi connectivity index (χ2v) is 14.4. The quantitative estimate of drug-likeness (QED) is 0.0766. The van der Waals surface area contributed by atoms with Crippen LogP contribution in [-0.4, -0.2) is 106 Å². The molecule has 12 heteroatoms. The fraction of sp³-hybridized carbons (Fsp3) is 0.659. The van der Waals surface area contributed by atoms with Gasteiger partial charge in [0.15, 0.2) is 5.76 Å². The fourth-order valence-electron chi connectivity index (χ4n) is 6.57. The fourth-order valence-corrected chi connectivity index (χ4v) is 6.57. The Hall–Kier alpha value is -3.10. The summed E-state index contributed by atoms with van der Waals surface area (Å²) >= 11 is 0. The van der Waals surface area contributed by atoms with Crippen LogP contribution in [0.3, 0.4) is 0 Å². The zero-order chi connectivity index (χ0) is 40.4. The molecule has 302 valence electrons. The van der Waals surface area contributed by atoms with Crippen LogP contribution in [0.1, 0.15) is 75.2 Å². The Morgan fingerprint density at radius 3 is 2.30 bits per heavy atom. The van der Waals surface area contributed by atoms with Crippen molar-refractivity contribution in [3.8, 4) is 0 Å². The van der Waals surface area contributed by atoms with E-state index in [9.17, 15) is 30.3 Å². The highest BCUT2D eigenvalue weighted by Gasteiger charge is 2.37. The lowest BCUT2D eigenvalue weighted by Crippen LogP contribution is -2.46. The summed E-state index contributed by atoms with van der Waals surface area (Å²) in [6.07, 6.45) is 9.92. The summed E-state index contributed by atoms with van der Waals surface area (Å²) in [6, 6.07) is 0. The molecular weight excluding hydrogens is 682 g/mol. The van der Waals surface area contributed by atoms with Gasteiger partial charge in [-0.2, -0.15) is 0 Å². The van der Waals surface area contributed by atoms with Crippen molar-refractivity contribution in [2.75, 3.05) is 20.8 Å². The maximum absolute atomic E-state index is 11.8. The second kappa shape index (κ2) is 24.3. The van der Waals surface area contributed by atoms with Crippen molar-refractivity contribution in [2.24, 2.45) is 40.7 Å². The molecule has 1 aliphatic rings. The van der Waals surface area contributed by atoms with Crippen LogP contribution >= 0.6 is 0 Å². The molecule has 0 aromatic heterocycles. The summed E-state index contributed by atoms with van der Waals surface area (Å²) in [4.78, 5) is 16.2. The van der Waals surface area contributed by atoms with E-state index in [1.165, 1.54) is 14.2 Å². The van der Waals surface area contributed by atoms with Gasteiger partial charge in [-0.1, -0.05) is 100 Å². The van der Waals surface area contributed by atoms with Crippen LogP contribution in [0.25, 0.3) is 0 Å². The highest BCUT2D eigenvalue weighted by molar-refractivity contribution is 5.96. The summed E-state index contributed by atoms with van der Waals surface area (Å²) < 4.78 is 17.7. The van der Waals surface area contributed by atoms with Crippen LogP contribution in [0.4, 0.5) is 0 Å². The van der Waals surface area contributed by atoms with Gasteiger partial charge in [-0.3, -0.25) is 0 Å². The van der Waals surface area contributed by atoms with E-state index >= 15 is 0 Å². The second-order valence-electron chi connectivity index (χ2n) is 14.4. The number of nitrogens with zero attached hydrogens (tertiary/aromatic N) is 1. The number of oxime groups is 1. The largest absolute Gasteiger partial charge is 0.496 e. The van der Waals surface area contributed by atoms with Crippen molar-refractivity contribution in [1.82, 2.24) is 0 Å². The van der Waals surface area contributed by atoms with Gasteiger partial charge < -0.3 is 49.7 Å². The minimum absolute atomic E-state index is 0.0810. The molecule has 13 atom stereocenters. The first-order valence-corrected chi connectivity index (χ1v) is 18.5. The van der Waals surface area contributed by atoms with Gasteiger partial charge in [0.2, 0.25) is 12.9 Å². The summed E-state index contributed by atoms with van der Waals surface area (Å²) in [7, 11) is 2.89. The third kappa shape index (κ3) is 15.7. The standard InChI is InChI=1S/C41H67NO11/c1-12-15-33(43)26(5)18-19-32(42-52-23-36(44)45)29(8)39(48)30(9)40-34(50-10)17-14-16-24(3)20-27(6)37(46)31(13-2)38(47)28(7)21-25(4)22-35(51-11)41(49)53-40/h12,14-19,21-22,26-31,33-34,37-41,43,46-49H,13,20,23H2,1-11H3,(H,44,45). The van der Waals surface area contributed by atoms with E-state index in [4.69, 9.17) is 24.2 Å². The normalized spacial score (nSPS) is 30.3. The first-order chi connectivity index (χ1) is 24.9. The Morgan fingerprint density at radius 2 is 1.74 bits per heavy atom. The number of hydrogen-bond acceptors (Lipinski definition) is 11. The lowest BCUT2D eigenvalue weighted by molar-refractivity contribution is -0.184. The molecule has 13 unspecified atom stereocenters. The highest BCUT2D eigenvalue weighted by Crippen LogP contribution is 2.30. The van der Waals surface area contributed by atoms with E-state index in [0.717, 1.165) is 5.57 Å². The van der Waals surface area contributed by atoms with Gasteiger partial charge in [0.05, 0.1) is 43.3 Å². The Labute approximate surface area is 316 Å². The Morgan fingerprint density at radius 1 is 1.08 bits per heavy atom. The van der Waals surface area contributed by atoms with E-state index in [1.54, 1.807) is 70.2 Å². The van der Waals surface area contributed by atoms with E-state index < -0.39 is 67.3 Å². The number of ether oxygens (including phenoxy) is 3. The molecule has 1 aliphatic heterocycles. The lowest BCUT2D eigenvalue weighted by Gasteiger charge is -2.36. The first kappa shape index (κ1) is 47.9. The van der Waals surface area contributed by atoms with Gasteiger partial charge in [-0.25, -0.2) is 4.79 Å². The molecular formula is C41H67NO11. The minimum Gasteiger partial charge on any atom is -0.496 e. The van der Waals surface area contributed by atoms with Gasteiger partial charge in [-0.15, -0.1) is 0 Å². The monoisotopic (exact) mass is 749 g/mol. The molecule has 1 heterocycles. The molecule has 1 rings (SSSR count). The smallest absolute Gasteiger partial charge is 0.344 e. The van der Waals surface area contributed by atoms with Gasteiger partial charge in [-0.05, 0) is 51.7 Å². The Balaban J connectivity index is 3.74. The van der Waals surface area contributed by atoms with Gasteiger partial charge >= 0.3 is 5.97 Å². The molecule has 12 nitrogen and oxygen atoms in total. The number of rotatable bonds is 14. The number of aliphatic hydroxyl groups is 5. The average Bonchev–Trinajstić information content (AvgIpc) is 3.11. The number of aliphatic carboxylic acids is 1. The number of allylic oxidation sites excluding steroid dienone is 7. The molecule has 0 radical (unpaired) electrons. The van der Waals surface area contributed by atoms with E-state index in [-0.39, 0.29) is 35.1 Å². The summed E-state index contributed by atoms with van der Waals surface area (Å²) in [5, 5.41) is 69.4. The predicted octanol–water partition coefficient (Wildman–Crippen LogP) is 5.33. The molecule has 0 aromatic rings. The number of carboxylic acid groups (broad SMARTS) is 1. The van der Waals surface area contributed by atoms with Crippen LogP contribution in [0, 0.1) is 35.5 Å². The molecule has 0 saturated heterocycles. The number of hydrogen-bond donors (Lipinski definition) is 6. The van der Waals surface area contributed by atoms with Crippen LogP contribution in [0.15, 0.2) is 76.7 Å². The maximum atomic E-state index is 11.8. The zero-order valence-corrected chi connectivity index (χ0v) is 33.5. The third-order valence-electron chi connectivity index (χ3n) is 9.95. The van der Waals surface area contributed by atoms with Crippen molar-refractivity contribution < 1.29 is 54.5 Å². The molecule has 0 saturated carbocycles. The summed E-state index contributed by atoms with van der Waals surface area (Å²) in [6.45, 7) is 15.9. The van der Waals surface area contributed by atoms with Gasteiger partial charge in [0.1, 0.15) is 6.10 Å². The molecule has 0 fully saturated rings. The molecule has 0 spiro atoms. The Bertz CT molecular complexity index is 1320. The van der Waals surface area contributed by atoms with Crippen molar-refractivity contribution in [3.05, 3.63) is 71.6 Å². The molecule has 0 aliphatic carbocycles. The zero-order valence-electron chi connectivity index (χ0n) is 33.5. The topological polar surface area (TPSA) is 188 Å². The van der Waals surface area contributed by atoms with Crippen LogP contribution in [0.2, 0.25) is 0 Å². The van der Waals surface area contributed by atoms with Crippen molar-refractivity contribution >= 4 is 11.7 Å². The van der Waals surface area contributed by atoms with Crippen LogP contribution < -0.4 is 0 Å². The molecule has 0 bridgehead atoms. The van der Waals surface area contributed by atoms with E-state index in [0.29, 0.717) is 18.4 Å². The van der Waals surface area contributed by atoms with Crippen molar-refractivity contribution in [3.63, 3.8) is 0 Å². The lowest BCUT2D eigenvalue weighted by atomic mass is 9.79. The maximum Gasteiger partial charge on any atom is 0.344 e. The number of carboxylic acids is 1. The summed E-state index contributed by atoms with van der Waals surface area (Å²) in [5.41, 5.74) is 1.91. The third-order valence-corrected chi connectivity index (χ3v) is 9.95. The average molecular weight is 750 g/mol.